The molecule has 0 bridgehead atoms. The standard InChI is InChI=1S/C16H19FN4O3/c1-16(24)10-20(9-12-11(17)3-2-6-18-12)7-4-13(16)21-8-5-14(22)19-15(21)23/h2-3,5-6,8,13,24H,4,7,9-10H2,1H3,(H,19,22,23)/t13-,16-/m1/s1. The average Bonchev–Trinajstić information content (AvgIpc) is 2.50. The molecule has 7 nitrogen and oxygen atoms in total. The van der Waals surface area contributed by atoms with Gasteiger partial charge >= 0.3 is 5.69 Å². The molecule has 0 aliphatic carbocycles. The van der Waals surface area contributed by atoms with Crippen LogP contribution in [0.1, 0.15) is 25.1 Å². The summed E-state index contributed by atoms with van der Waals surface area (Å²) >= 11 is 0. The van der Waals surface area contributed by atoms with Gasteiger partial charge in [-0.25, -0.2) is 9.18 Å². The first-order valence-corrected chi connectivity index (χ1v) is 7.72. The minimum Gasteiger partial charge on any atom is -0.387 e. The van der Waals surface area contributed by atoms with Crippen LogP contribution in [0.5, 0.6) is 0 Å². The zero-order chi connectivity index (χ0) is 17.3. The van der Waals surface area contributed by atoms with Crippen LogP contribution in [0.25, 0.3) is 0 Å². The van der Waals surface area contributed by atoms with Gasteiger partial charge in [-0.05, 0) is 25.5 Å². The molecule has 2 N–H and O–H groups in total. The molecule has 0 radical (unpaired) electrons. The van der Waals surface area contributed by atoms with E-state index in [0.29, 0.717) is 18.7 Å². The maximum atomic E-state index is 13.7. The van der Waals surface area contributed by atoms with E-state index in [4.69, 9.17) is 0 Å². The summed E-state index contributed by atoms with van der Waals surface area (Å²) in [5, 5.41) is 10.8. The van der Waals surface area contributed by atoms with Gasteiger partial charge < -0.3 is 5.11 Å². The molecule has 128 valence electrons. The van der Waals surface area contributed by atoms with Crippen LogP contribution >= 0.6 is 0 Å². The van der Waals surface area contributed by atoms with Gasteiger partial charge in [-0.2, -0.15) is 0 Å². The molecule has 2 atom stereocenters. The fraction of sp³-hybridized carbons (Fsp3) is 0.438. The van der Waals surface area contributed by atoms with Crippen LogP contribution in [0.4, 0.5) is 4.39 Å². The number of pyridine rings is 1. The van der Waals surface area contributed by atoms with E-state index in [0.717, 1.165) is 0 Å². The summed E-state index contributed by atoms with van der Waals surface area (Å²) in [6.07, 6.45) is 3.42. The maximum Gasteiger partial charge on any atom is 0.328 e. The number of aliphatic hydroxyl groups is 1. The highest BCUT2D eigenvalue weighted by atomic mass is 19.1. The lowest BCUT2D eigenvalue weighted by molar-refractivity contribution is -0.0608. The van der Waals surface area contributed by atoms with Gasteiger partial charge in [0.05, 0.1) is 17.3 Å². The molecule has 0 spiro atoms. The summed E-state index contributed by atoms with van der Waals surface area (Å²) in [6, 6.07) is 3.68. The van der Waals surface area contributed by atoms with E-state index >= 15 is 0 Å². The average molecular weight is 334 g/mol. The van der Waals surface area contributed by atoms with Crippen molar-refractivity contribution in [3.63, 3.8) is 0 Å². The summed E-state index contributed by atoms with van der Waals surface area (Å²) in [6.45, 7) is 2.76. The van der Waals surface area contributed by atoms with Crippen molar-refractivity contribution in [2.45, 2.75) is 31.5 Å². The fourth-order valence-electron chi connectivity index (χ4n) is 3.25. The quantitative estimate of drug-likeness (QED) is 0.841. The Bertz CT molecular complexity index is 845. The van der Waals surface area contributed by atoms with E-state index in [9.17, 15) is 19.1 Å². The second-order valence-corrected chi connectivity index (χ2v) is 6.32. The molecule has 1 saturated heterocycles. The van der Waals surface area contributed by atoms with Gasteiger partial charge in [0, 0.05) is 38.1 Å². The number of hydrogen-bond donors (Lipinski definition) is 2. The minimum atomic E-state index is -1.20. The van der Waals surface area contributed by atoms with Gasteiger partial charge in [0.1, 0.15) is 5.82 Å². The SMILES string of the molecule is C[C@@]1(O)CN(Cc2ncccc2F)CC[C@H]1n1ccc(=O)[nH]c1=O. The molecule has 0 saturated carbocycles. The number of rotatable bonds is 3. The lowest BCUT2D eigenvalue weighted by Crippen LogP contribution is -2.54. The van der Waals surface area contributed by atoms with E-state index in [-0.39, 0.29) is 18.9 Å². The van der Waals surface area contributed by atoms with Crippen molar-refractivity contribution < 1.29 is 9.50 Å². The van der Waals surface area contributed by atoms with E-state index in [2.05, 4.69) is 9.97 Å². The highest BCUT2D eigenvalue weighted by Gasteiger charge is 2.39. The molecule has 1 aliphatic heterocycles. The van der Waals surface area contributed by atoms with E-state index in [1.54, 1.807) is 6.92 Å². The van der Waals surface area contributed by atoms with Gasteiger partial charge in [-0.3, -0.25) is 24.2 Å². The van der Waals surface area contributed by atoms with Crippen LogP contribution in [-0.4, -0.2) is 43.2 Å². The molecular formula is C16H19FN4O3. The molecule has 0 amide bonds. The second-order valence-electron chi connectivity index (χ2n) is 6.32. The Labute approximate surface area is 137 Å². The highest BCUT2D eigenvalue weighted by Crippen LogP contribution is 2.31. The van der Waals surface area contributed by atoms with Crippen LogP contribution in [0.2, 0.25) is 0 Å². The third-order valence-electron chi connectivity index (χ3n) is 4.38. The number of aromatic nitrogens is 3. The van der Waals surface area contributed by atoms with Crippen molar-refractivity contribution in [2.24, 2.45) is 0 Å². The molecule has 0 aromatic carbocycles. The molecule has 3 heterocycles. The number of nitrogens with one attached hydrogen (secondary N) is 1. The molecule has 1 aliphatic rings. The molecule has 24 heavy (non-hydrogen) atoms. The Balaban J connectivity index is 1.79. The number of nitrogens with zero attached hydrogens (tertiary/aromatic N) is 3. The number of likely N-dealkylation sites (tertiary alicyclic amines) is 1. The molecule has 3 rings (SSSR count). The number of hydrogen-bond acceptors (Lipinski definition) is 5. The molecule has 0 unspecified atom stereocenters. The van der Waals surface area contributed by atoms with Crippen molar-refractivity contribution in [3.05, 3.63) is 62.9 Å². The fourth-order valence-corrected chi connectivity index (χ4v) is 3.25. The van der Waals surface area contributed by atoms with Gasteiger partial charge in [-0.1, -0.05) is 0 Å². The lowest BCUT2D eigenvalue weighted by atomic mass is 9.88. The monoisotopic (exact) mass is 334 g/mol. The van der Waals surface area contributed by atoms with Gasteiger partial charge in [0.15, 0.2) is 0 Å². The van der Waals surface area contributed by atoms with Crippen LogP contribution in [0.3, 0.4) is 0 Å². The predicted molar refractivity (Wildman–Crippen MR) is 85.1 cm³/mol. The van der Waals surface area contributed by atoms with E-state index in [1.165, 1.54) is 35.2 Å². The summed E-state index contributed by atoms with van der Waals surface area (Å²) < 4.78 is 15.1. The van der Waals surface area contributed by atoms with Gasteiger partial charge in [-0.15, -0.1) is 0 Å². The number of halogens is 1. The Morgan fingerprint density at radius 1 is 1.46 bits per heavy atom. The van der Waals surface area contributed by atoms with Crippen LogP contribution in [-0.2, 0) is 6.54 Å². The normalized spacial score (nSPS) is 24.9. The molecule has 2 aromatic rings. The lowest BCUT2D eigenvalue weighted by Gasteiger charge is -2.43. The number of β-amino-alcohol motifs (C(OH)–C–C–N with tert-alkyl or cyclic N) is 1. The topological polar surface area (TPSA) is 91.2 Å². The highest BCUT2D eigenvalue weighted by molar-refractivity contribution is 5.08. The van der Waals surface area contributed by atoms with Gasteiger partial charge in [0.25, 0.3) is 5.56 Å². The molecule has 1 fully saturated rings. The molecule has 8 heteroatoms. The first kappa shape index (κ1) is 16.5. The van der Waals surface area contributed by atoms with Crippen molar-refractivity contribution >= 4 is 0 Å². The Kier molecular flexibility index (Phi) is 4.33. The summed E-state index contributed by atoms with van der Waals surface area (Å²) in [5.74, 6) is -0.379. The van der Waals surface area contributed by atoms with Crippen LogP contribution in [0, 0.1) is 5.82 Å². The van der Waals surface area contributed by atoms with Crippen molar-refractivity contribution in [2.75, 3.05) is 13.1 Å². The van der Waals surface area contributed by atoms with Crippen LogP contribution < -0.4 is 11.2 Å². The van der Waals surface area contributed by atoms with Gasteiger partial charge in [0.2, 0.25) is 0 Å². The third-order valence-corrected chi connectivity index (χ3v) is 4.38. The second kappa shape index (κ2) is 6.29. The van der Waals surface area contributed by atoms with Crippen LogP contribution in [0.15, 0.2) is 40.2 Å². The van der Waals surface area contributed by atoms with Crippen molar-refractivity contribution in [1.82, 2.24) is 19.4 Å². The predicted octanol–water partition coefficient (Wildman–Crippen LogP) is 0.269. The summed E-state index contributed by atoms with van der Waals surface area (Å²) in [4.78, 5) is 31.3. The Morgan fingerprint density at radius 3 is 2.92 bits per heavy atom. The maximum absolute atomic E-state index is 13.7. The number of aromatic amines is 1. The minimum absolute atomic E-state index is 0.263. The summed E-state index contributed by atoms with van der Waals surface area (Å²) in [5.41, 5.74) is -1.89. The number of H-pyrrole nitrogens is 1. The Morgan fingerprint density at radius 2 is 2.25 bits per heavy atom. The Hall–Kier alpha value is -2.32. The summed E-state index contributed by atoms with van der Waals surface area (Å²) in [7, 11) is 0. The van der Waals surface area contributed by atoms with E-state index in [1.807, 2.05) is 4.90 Å². The molecular weight excluding hydrogens is 315 g/mol. The zero-order valence-electron chi connectivity index (χ0n) is 13.3. The first-order chi connectivity index (χ1) is 11.4. The van der Waals surface area contributed by atoms with Crippen molar-refractivity contribution in [3.8, 4) is 0 Å². The zero-order valence-corrected chi connectivity index (χ0v) is 13.3. The third kappa shape index (κ3) is 3.29. The smallest absolute Gasteiger partial charge is 0.328 e. The largest absolute Gasteiger partial charge is 0.387 e. The molecule has 2 aromatic heterocycles. The van der Waals surface area contributed by atoms with E-state index < -0.39 is 22.9 Å². The number of piperidine rings is 1. The van der Waals surface area contributed by atoms with Crippen molar-refractivity contribution in [1.29, 1.82) is 0 Å². The first-order valence-electron chi connectivity index (χ1n) is 7.72.